The second-order valence-corrected chi connectivity index (χ2v) is 6.52. The third-order valence-electron chi connectivity index (χ3n) is 3.11. The van der Waals surface area contributed by atoms with Crippen LogP contribution < -0.4 is 10.6 Å². The second-order valence-electron chi connectivity index (χ2n) is 5.60. The first kappa shape index (κ1) is 20.4. The van der Waals surface area contributed by atoms with E-state index in [-0.39, 0.29) is 24.6 Å². The maximum absolute atomic E-state index is 13.4. The van der Waals surface area contributed by atoms with Crippen molar-refractivity contribution in [1.29, 1.82) is 5.26 Å². The Morgan fingerprint density at radius 1 is 1.42 bits per heavy atom. The number of rotatable bonds is 7. The minimum absolute atomic E-state index is 0.0119. The third kappa shape index (κ3) is 6.45. The number of nitrogens with zero attached hydrogens (tertiary/aromatic N) is 2. The monoisotopic (exact) mass is 406 g/mol. The van der Waals surface area contributed by atoms with Crippen LogP contribution in [-0.4, -0.2) is 29.7 Å². The SMILES string of the molecule is CC(C)C[C@H](N[C@@H](c1ccc(Br)cn1)C(F)(F)F)C(=O)NCC#N. The van der Waals surface area contributed by atoms with Crippen LogP contribution in [0.2, 0.25) is 0 Å². The molecule has 0 aliphatic carbocycles. The van der Waals surface area contributed by atoms with Crippen LogP contribution in [0.25, 0.3) is 0 Å². The summed E-state index contributed by atoms with van der Waals surface area (Å²) in [6.07, 6.45) is -3.16. The second kappa shape index (κ2) is 8.99. The van der Waals surface area contributed by atoms with Crippen molar-refractivity contribution < 1.29 is 18.0 Å². The van der Waals surface area contributed by atoms with Gasteiger partial charge >= 0.3 is 6.18 Å². The fraction of sp³-hybridized carbons (Fsp3) is 0.533. The summed E-state index contributed by atoms with van der Waals surface area (Å²) in [5.74, 6) is -0.654. The standard InChI is InChI=1S/C15H18BrF3N4O/c1-9(2)7-12(14(24)21-6-5-20)23-13(15(17,18)19)11-4-3-10(16)8-22-11/h3-4,8-9,12-13,23H,6-7H2,1-2H3,(H,21,24)/t12-,13-/m0/s1. The highest BCUT2D eigenvalue weighted by molar-refractivity contribution is 9.10. The number of halogens is 4. The molecule has 1 heterocycles. The predicted molar refractivity (Wildman–Crippen MR) is 85.7 cm³/mol. The summed E-state index contributed by atoms with van der Waals surface area (Å²) >= 11 is 3.12. The number of carbonyl (C=O) groups is 1. The molecular formula is C15H18BrF3N4O. The lowest BCUT2D eigenvalue weighted by molar-refractivity contribution is -0.162. The first-order valence-electron chi connectivity index (χ1n) is 7.24. The van der Waals surface area contributed by atoms with Crippen molar-refractivity contribution in [2.24, 2.45) is 5.92 Å². The molecule has 0 saturated carbocycles. The highest BCUT2D eigenvalue weighted by atomic mass is 79.9. The Labute approximate surface area is 146 Å². The summed E-state index contributed by atoms with van der Waals surface area (Å²) in [6.45, 7) is 3.34. The first-order valence-corrected chi connectivity index (χ1v) is 8.03. The molecule has 1 aromatic heterocycles. The van der Waals surface area contributed by atoms with Crippen LogP contribution in [0.15, 0.2) is 22.8 Å². The first-order chi connectivity index (χ1) is 11.1. The van der Waals surface area contributed by atoms with Gasteiger partial charge in [-0.15, -0.1) is 0 Å². The van der Waals surface area contributed by atoms with Crippen LogP contribution in [0.5, 0.6) is 0 Å². The van der Waals surface area contributed by atoms with E-state index >= 15 is 0 Å². The van der Waals surface area contributed by atoms with Gasteiger partial charge in [0.15, 0.2) is 0 Å². The van der Waals surface area contributed by atoms with Gasteiger partial charge in [-0.25, -0.2) is 0 Å². The molecule has 0 bridgehead atoms. The molecule has 0 unspecified atom stereocenters. The molecule has 5 nitrogen and oxygen atoms in total. The Morgan fingerprint density at radius 3 is 2.54 bits per heavy atom. The van der Waals surface area contributed by atoms with E-state index in [1.165, 1.54) is 18.3 Å². The van der Waals surface area contributed by atoms with Crippen molar-refractivity contribution in [3.63, 3.8) is 0 Å². The number of pyridine rings is 1. The van der Waals surface area contributed by atoms with Crippen molar-refractivity contribution in [1.82, 2.24) is 15.6 Å². The lowest BCUT2D eigenvalue weighted by atomic mass is 10.0. The van der Waals surface area contributed by atoms with E-state index < -0.39 is 24.2 Å². The Bertz CT molecular complexity index is 584. The van der Waals surface area contributed by atoms with Crippen molar-refractivity contribution in [2.45, 2.75) is 38.5 Å². The zero-order valence-corrected chi connectivity index (χ0v) is 14.8. The van der Waals surface area contributed by atoms with Crippen LogP contribution in [0.4, 0.5) is 13.2 Å². The van der Waals surface area contributed by atoms with E-state index in [0.29, 0.717) is 4.47 Å². The highest BCUT2D eigenvalue weighted by Crippen LogP contribution is 2.33. The molecule has 9 heteroatoms. The van der Waals surface area contributed by atoms with E-state index in [1.54, 1.807) is 19.9 Å². The van der Waals surface area contributed by atoms with Crippen LogP contribution in [0.1, 0.15) is 32.0 Å². The van der Waals surface area contributed by atoms with Crippen LogP contribution in [-0.2, 0) is 4.79 Å². The minimum atomic E-state index is -4.62. The number of aromatic nitrogens is 1. The molecule has 2 atom stereocenters. The van der Waals surface area contributed by atoms with Gasteiger partial charge in [-0.2, -0.15) is 18.4 Å². The zero-order chi connectivity index (χ0) is 18.3. The molecule has 0 saturated heterocycles. The smallest absolute Gasteiger partial charge is 0.342 e. The van der Waals surface area contributed by atoms with Gasteiger partial charge in [-0.05, 0) is 40.4 Å². The molecule has 0 aliphatic rings. The summed E-state index contributed by atoms with van der Waals surface area (Å²) in [7, 11) is 0. The maximum atomic E-state index is 13.4. The molecule has 0 aliphatic heterocycles. The van der Waals surface area contributed by atoms with Gasteiger partial charge in [0, 0.05) is 10.7 Å². The fourth-order valence-corrected chi connectivity index (χ4v) is 2.31. The molecule has 2 N–H and O–H groups in total. The molecule has 1 aromatic rings. The number of nitriles is 1. The number of nitrogens with one attached hydrogen (secondary N) is 2. The molecule has 132 valence electrons. The summed E-state index contributed by atoms with van der Waals surface area (Å²) in [5.41, 5.74) is -0.229. The Morgan fingerprint density at radius 2 is 2.08 bits per heavy atom. The summed E-state index contributed by atoms with van der Waals surface area (Å²) in [5, 5.41) is 13.2. The molecule has 0 fully saturated rings. The molecule has 0 spiro atoms. The lowest BCUT2D eigenvalue weighted by Crippen LogP contribution is -2.49. The van der Waals surface area contributed by atoms with Crippen molar-refractivity contribution in [2.75, 3.05) is 6.54 Å². The number of alkyl halides is 3. The summed E-state index contributed by atoms with van der Waals surface area (Å²) in [4.78, 5) is 15.9. The average Bonchev–Trinajstić information content (AvgIpc) is 2.48. The van der Waals surface area contributed by atoms with Gasteiger partial charge < -0.3 is 5.32 Å². The van der Waals surface area contributed by atoms with Crippen molar-refractivity contribution in [3.8, 4) is 6.07 Å². The molecule has 24 heavy (non-hydrogen) atoms. The summed E-state index contributed by atoms with van der Waals surface area (Å²) in [6, 6.07) is 1.26. The molecule has 0 aromatic carbocycles. The molecule has 0 radical (unpaired) electrons. The molecule has 1 rings (SSSR count). The minimum Gasteiger partial charge on any atom is -0.342 e. The zero-order valence-electron chi connectivity index (χ0n) is 13.2. The van der Waals surface area contributed by atoms with Gasteiger partial charge in [0.2, 0.25) is 5.91 Å². The van der Waals surface area contributed by atoms with Gasteiger partial charge in [-0.1, -0.05) is 13.8 Å². The Kier molecular flexibility index (Phi) is 7.63. The van der Waals surface area contributed by atoms with E-state index in [1.807, 2.05) is 0 Å². The Balaban J connectivity index is 3.05. The van der Waals surface area contributed by atoms with Crippen LogP contribution in [0, 0.1) is 17.2 Å². The van der Waals surface area contributed by atoms with Crippen LogP contribution in [0.3, 0.4) is 0 Å². The quantitative estimate of drug-likeness (QED) is 0.682. The van der Waals surface area contributed by atoms with Crippen molar-refractivity contribution >= 4 is 21.8 Å². The van der Waals surface area contributed by atoms with E-state index in [4.69, 9.17) is 5.26 Å². The van der Waals surface area contributed by atoms with Crippen molar-refractivity contribution in [3.05, 3.63) is 28.5 Å². The van der Waals surface area contributed by atoms with Gasteiger partial charge in [0.05, 0.1) is 17.8 Å². The van der Waals surface area contributed by atoms with Gasteiger partial charge in [0.1, 0.15) is 12.6 Å². The number of carbonyl (C=O) groups excluding carboxylic acids is 1. The number of hydrogen-bond donors (Lipinski definition) is 2. The van der Waals surface area contributed by atoms with E-state index in [0.717, 1.165) is 0 Å². The Hall–Kier alpha value is -1.66. The maximum Gasteiger partial charge on any atom is 0.409 e. The number of amides is 1. The molecular weight excluding hydrogens is 389 g/mol. The normalized spacial score (nSPS) is 14.1. The summed E-state index contributed by atoms with van der Waals surface area (Å²) < 4.78 is 40.8. The largest absolute Gasteiger partial charge is 0.409 e. The predicted octanol–water partition coefficient (Wildman–Crippen LogP) is 3.09. The third-order valence-corrected chi connectivity index (χ3v) is 3.58. The topological polar surface area (TPSA) is 77.8 Å². The van der Waals surface area contributed by atoms with Crippen LogP contribution >= 0.6 is 15.9 Å². The number of hydrogen-bond acceptors (Lipinski definition) is 4. The highest BCUT2D eigenvalue weighted by Gasteiger charge is 2.43. The lowest BCUT2D eigenvalue weighted by Gasteiger charge is -2.27. The van der Waals surface area contributed by atoms with Gasteiger partial charge in [0.25, 0.3) is 0 Å². The molecule has 1 amide bonds. The fourth-order valence-electron chi connectivity index (χ4n) is 2.08. The van der Waals surface area contributed by atoms with Gasteiger partial charge in [-0.3, -0.25) is 15.1 Å². The van der Waals surface area contributed by atoms with E-state index in [9.17, 15) is 18.0 Å². The average molecular weight is 407 g/mol. The van der Waals surface area contributed by atoms with E-state index in [2.05, 4.69) is 31.5 Å².